The first-order valence-corrected chi connectivity index (χ1v) is 4.32. The summed E-state index contributed by atoms with van der Waals surface area (Å²) in [6.07, 6.45) is 8.32. The van der Waals surface area contributed by atoms with Crippen LogP contribution in [0.4, 0.5) is 0 Å². The standard InChI is InChI=1S/C10H19/c1-4-7-9-10(6-3)8-5-2/h9H,3-8H2,1-2H3. The maximum atomic E-state index is 3.89. The maximum Gasteiger partial charge on any atom is -0.0320 e. The van der Waals surface area contributed by atoms with Gasteiger partial charge in [-0.15, -0.1) is 0 Å². The van der Waals surface area contributed by atoms with E-state index in [1.54, 1.807) is 0 Å². The minimum Gasteiger partial charge on any atom is -0.0853 e. The van der Waals surface area contributed by atoms with E-state index in [1.807, 2.05) is 0 Å². The highest BCUT2D eigenvalue weighted by molar-refractivity contribution is 5.02. The molecule has 0 aromatic carbocycles. The molecular formula is C10H19. The van der Waals surface area contributed by atoms with E-state index in [4.69, 9.17) is 0 Å². The van der Waals surface area contributed by atoms with E-state index in [9.17, 15) is 0 Å². The van der Waals surface area contributed by atoms with E-state index in [1.165, 1.54) is 31.3 Å². The van der Waals surface area contributed by atoms with E-state index in [-0.39, 0.29) is 0 Å². The van der Waals surface area contributed by atoms with Crippen molar-refractivity contribution in [3.8, 4) is 0 Å². The number of hydrogen-bond donors (Lipinski definition) is 0. The first kappa shape index (κ1) is 9.74. The quantitative estimate of drug-likeness (QED) is 0.509. The van der Waals surface area contributed by atoms with Crippen molar-refractivity contribution >= 4 is 0 Å². The fraction of sp³-hybridized carbons (Fsp3) is 0.700. The molecule has 0 fully saturated rings. The zero-order valence-electron chi connectivity index (χ0n) is 7.32. The maximum absolute atomic E-state index is 3.89. The highest BCUT2D eigenvalue weighted by atomic mass is 14.0. The van der Waals surface area contributed by atoms with Crippen LogP contribution in [0.5, 0.6) is 0 Å². The van der Waals surface area contributed by atoms with Crippen molar-refractivity contribution in [3.63, 3.8) is 0 Å². The Balaban J connectivity index is 3.55. The molecule has 0 saturated carbocycles. The summed E-state index contributed by atoms with van der Waals surface area (Å²) in [4.78, 5) is 0. The van der Waals surface area contributed by atoms with E-state index >= 15 is 0 Å². The molecule has 0 amide bonds. The van der Waals surface area contributed by atoms with Crippen molar-refractivity contribution in [3.05, 3.63) is 18.6 Å². The Morgan fingerprint density at radius 1 is 1.30 bits per heavy atom. The summed E-state index contributed by atoms with van der Waals surface area (Å²) in [6, 6.07) is 0. The molecule has 0 N–H and O–H groups in total. The lowest BCUT2D eigenvalue weighted by molar-refractivity contribution is 0.853. The summed E-state index contributed by atoms with van der Waals surface area (Å²) in [5.74, 6) is 0. The predicted octanol–water partition coefficient (Wildman–Crippen LogP) is 3.74. The molecule has 59 valence electrons. The van der Waals surface area contributed by atoms with Gasteiger partial charge in [-0.1, -0.05) is 38.3 Å². The van der Waals surface area contributed by atoms with Gasteiger partial charge in [0.2, 0.25) is 0 Å². The molecule has 1 radical (unpaired) electrons. The van der Waals surface area contributed by atoms with Crippen LogP contribution in [-0.4, -0.2) is 0 Å². The van der Waals surface area contributed by atoms with Gasteiger partial charge in [0.1, 0.15) is 0 Å². The summed E-state index contributed by atoms with van der Waals surface area (Å²) in [7, 11) is 0. The van der Waals surface area contributed by atoms with Gasteiger partial charge in [-0.05, 0) is 26.2 Å². The summed E-state index contributed by atoms with van der Waals surface area (Å²) in [5.41, 5.74) is 1.53. The van der Waals surface area contributed by atoms with Crippen molar-refractivity contribution < 1.29 is 0 Å². The summed E-state index contributed by atoms with van der Waals surface area (Å²) in [5, 5.41) is 0. The molecule has 0 rings (SSSR count). The van der Waals surface area contributed by atoms with Gasteiger partial charge in [0.15, 0.2) is 0 Å². The number of rotatable bonds is 5. The Morgan fingerprint density at radius 3 is 2.40 bits per heavy atom. The summed E-state index contributed by atoms with van der Waals surface area (Å²) >= 11 is 0. The van der Waals surface area contributed by atoms with E-state index < -0.39 is 0 Å². The van der Waals surface area contributed by atoms with E-state index in [0.717, 1.165) is 6.42 Å². The minimum atomic E-state index is 0.994. The van der Waals surface area contributed by atoms with Gasteiger partial charge in [-0.25, -0.2) is 0 Å². The van der Waals surface area contributed by atoms with Crippen LogP contribution < -0.4 is 0 Å². The molecular weight excluding hydrogens is 120 g/mol. The largest absolute Gasteiger partial charge is 0.0853 e. The smallest absolute Gasteiger partial charge is 0.0320 e. The lowest BCUT2D eigenvalue weighted by atomic mass is 10.1. The van der Waals surface area contributed by atoms with Gasteiger partial charge in [0.05, 0.1) is 0 Å². The molecule has 0 aliphatic heterocycles. The predicted molar refractivity (Wildman–Crippen MR) is 47.9 cm³/mol. The molecule has 0 saturated heterocycles. The van der Waals surface area contributed by atoms with Crippen molar-refractivity contribution in [1.82, 2.24) is 0 Å². The number of allylic oxidation sites excluding steroid dienone is 2. The van der Waals surface area contributed by atoms with Gasteiger partial charge in [-0.3, -0.25) is 0 Å². The third kappa shape index (κ3) is 4.60. The van der Waals surface area contributed by atoms with Gasteiger partial charge in [0, 0.05) is 0 Å². The second-order valence-electron chi connectivity index (χ2n) is 2.65. The van der Waals surface area contributed by atoms with Crippen LogP contribution >= 0.6 is 0 Å². The molecule has 0 aliphatic rings. The Hall–Kier alpha value is -0.260. The SMILES string of the molecule is [CH2]CC(=CCCC)CCC. The van der Waals surface area contributed by atoms with Crippen LogP contribution in [0.2, 0.25) is 0 Å². The van der Waals surface area contributed by atoms with E-state index in [0.29, 0.717) is 0 Å². The van der Waals surface area contributed by atoms with Crippen molar-refractivity contribution in [2.75, 3.05) is 0 Å². The third-order valence-corrected chi connectivity index (χ3v) is 1.61. The molecule has 0 unspecified atom stereocenters. The average molecular weight is 139 g/mol. The molecule has 0 nitrogen and oxygen atoms in total. The molecule has 10 heavy (non-hydrogen) atoms. The Labute approximate surface area is 65.3 Å². The fourth-order valence-electron chi connectivity index (χ4n) is 0.999. The minimum absolute atomic E-state index is 0.994. The van der Waals surface area contributed by atoms with Crippen LogP contribution in [-0.2, 0) is 0 Å². The Morgan fingerprint density at radius 2 is 2.00 bits per heavy atom. The molecule has 0 atom stereocenters. The van der Waals surface area contributed by atoms with Gasteiger partial charge >= 0.3 is 0 Å². The molecule has 0 aromatic rings. The van der Waals surface area contributed by atoms with E-state index in [2.05, 4.69) is 26.8 Å². The average Bonchev–Trinajstić information content (AvgIpc) is 1.98. The van der Waals surface area contributed by atoms with Crippen LogP contribution in [0.15, 0.2) is 11.6 Å². The van der Waals surface area contributed by atoms with Crippen molar-refractivity contribution in [2.45, 2.75) is 46.0 Å². The number of unbranched alkanes of at least 4 members (excludes halogenated alkanes) is 1. The second kappa shape index (κ2) is 6.85. The van der Waals surface area contributed by atoms with Crippen molar-refractivity contribution in [2.24, 2.45) is 0 Å². The summed E-state index contributed by atoms with van der Waals surface area (Å²) < 4.78 is 0. The molecule has 0 spiro atoms. The number of hydrogen-bond acceptors (Lipinski definition) is 0. The Kier molecular flexibility index (Phi) is 6.68. The topological polar surface area (TPSA) is 0 Å². The summed E-state index contributed by atoms with van der Waals surface area (Å²) in [6.45, 7) is 8.32. The van der Waals surface area contributed by atoms with Crippen molar-refractivity contribution in [1.29, 1.82) is 0 Å². The van der Waals surface area contributed by atoms with Crippen LogP contribution in [0.3, 0.4) is 0 Å². The Bertz CT molecular complexity index is 90.2. The first-order valence-electron chi connectivity index (χ1n) is 4.32. The second-order valence-corrected chi connectivity index (χ2v) is 2.65. The zero-order valence-corrected chi connectivity index (χ0v) is 7.32. The van der Waals surface area contributed by atoms with Gasteiger partial charge in [-0.2, -0.15) is 0 Å². The highest BCUT2D eigenvalue weighted by Gasteiger charge is 1.89. The van der Waals surface area contributed by atoms with Crippen LogP contribution in [0, 0.1) is 6.92 Å². The zero-order chi connectivity index (χ0) is 7.82. The van der Waals surface area contributed by atoms with Gasteiger partial charge < -0.3 is 0 Å². The van der Waals surface area contributed by atoms with Crippen LogP contribution in [0.25, 0.3) is 0 Å². The third-order valence-electron chi connectivity index (χ3n) is 1.61. The fourth-order valence-corrected chi connectivity index (χ4v) is 0.999. The lowest BCUT2D eigenvalue weighted by Gasteiger charge is -2.00. The monoisotopic (exact) mass is 139 g/mol. The molecule has 0 bridgehead atoms. The van der Waals surface area contributed by atoms with Gasteiger partial charge in [0.25, 0.3) is 0 Å². The lowest BCUT2D eigenvalue weighted by Crippen LogP contribution is -1.80. The molecule has 0 aliphatic carbocycles. The molecule has 0 aromatic heterocycles. The first-order chi connectivity index (χ1) is 4.85. The van der Waals surface area contributed by atoms with Crippen LogP contribution in [0.1, 0.15) is 46.0 Å². The highest BCUT2D eigenvalue weighted by Crippen LogP contribution is 2.09. The molecule has 0 heteroatoms. The normalized spacial score (nSPS) is 12.1. The molecule has 0 heterocycles.